The second kappa shape index (κ2) is 11.1. The van der Waals surface area contributed by atoms with Gasteiger partial charge >= 0.3 is 0 Å². The zero-order valence-corrected chi connectivity index (χ0v) is 23.1. The van der Waals surface area contributed by atoms with Crippen LogP contribution in [-0.4, -0.2) is 77.5 Å². The van der Waals surface area contributed by atoms with Crippen LogP contribution in [0.3, 0.4) is 0 Å². The standard InChI is InChI=1S/C29H32ClN5O4/c1-5-25(36)35-16-20(13-22(35)28(37)34-10-6-7-11-34)32-29-31-15-19-12-18(8-9-21(19)33-29)26-17(2)23(38-3)14-24(39-4)27(26)30/h5,8-9,12,14-15,20,22H,1,6-7,10-11,13,16H2,2-4H3,(H,31,32,33)/t20-,22-/m0/s1. The van der Waals surface area contributed by atoms with Crippen LogP contribution in [0.15, 0.2) is 43.1 Å². The molecule has 10 heteroatoms. The number of likely N-dealkylation sites (tertiary alicyclic amines) is 2. The normalized spacial score (nSPS) is 18.9. The lowest BCUT2D eigenvalue weighted by Gasteiger charge is -2.26. The summed E-state index contributed by atoms with van der Waals surface area (Å²) < 4.78 is 11.0. The number of rotatable bonds is 7. The Morgan fingerprint density at radius 2 is 1.90 bits per heavy atom. The van der Waals surface area contributed by atoms with Gasteiger partial charge in [0, 0.05) is 54.5 Å². The van der Waals surface area contributed by atoms with Crippen LogP contribution in [0.2, 0.25) is 5.02 Å². The van der Waals surface area contributed by atoms with E-state index in [-0.39, 0.29) is 17.9 Å². The number of ether oxygens (including phenoxy) is 2. The van der Waals surface area contributed by atoms with Gasteiger partial charge < -0.3 is 24.6 Å². The molecule has 2 saturated heterocycles. The van der Waals surface area contributed by atoms with Gasteiger partial charge in [0.25, 0.3) is 0 Å². The number of benzene rings is 2. The number of hydrogen-bond donors (Lipinski definition) is 1. The van der Waals surface area contributed by atoms with E-state index in [1.54, 1.807) is 31.4 Å². The average molecular weight is 550 g/mol. The van der Waals surface area contributed by atoms with E-state index in [0.717, 1.165) is 53.5 Å². The summed E-state index contributed by atoms with van der Waals surface area (Å²) >= 11 is 6.69. The zero-order chi connectivity index (χ0) is 27.7. The number of halogens is 1. The van der Waals surface area contributed by atoms with Gasteiger partial charge in [-0.15, -0.1) is 0 Å². The predicted octanol–water partition coefficient (Wildman–Crippen LogP) is 4.47. The molecular weight excluding hydrogens is 518 g/mol. The van der Waals surface area contributed by atoms with Crippen LogP contribution in [0.5, 0.6) is 11.5 Å². The number of nitrogens with one attached hydrogen (secondary N) is 1. The van der Waals surface area contributed by atoms with Crippen LogP contribution in [0.1, 0.15) is 24.8 Å². The molecule has 0 unspecified atom stereocenters. The molecule has 2 aliphatic heterocycles. The van der Waals surface area contributed by atoms with Gasteiger partial charge in [0.1, 0.15) is 17.5 Å². The highest BCUT2D eigenvalue weighted by molar-refractivity contribution is 6.35. The molecule has 0 spiro atoms. The zero-order valence-electron chi connectivity index (χ0n) is 22.4. The first-order valence-electron chi connectivity index (χ1n) is 13.0. The SMILES string of the molecule is C=CC(=O)N1C[C@@H](Nc2ncc3cc(-c4c(C)c(OC)cc(OC)c4Cl)ccc3n2)C[C@H]1C(=O)N1CCCC1. The Hall–Kier alpha value is -3.85. The van der Waals surface area contributed by atoms with Crippen molar-refractivity contribution >= 4 is 40.3 Å². The van der Waals surface area contributed by atoms with Gasteiger partial charge in [-0.1, -0.05) is 24.2 Å². The minimum atomic E-state index is -0.512. The highest BCUT2D eigenvalue weighted by atomic mass is 35.5. The quantitative estimate of drug-likeness (QED) is 0.434. The summed E-state index contributed by atoms with van der Waals surface area (Å²) in [4.78, 5) is 38.4. The average Bonchev–Trinajstić information content (AvgIpc) is 3.63. The maximum Gasteiger partial charge on any atom is 0.246 e. The molecule has 5 rings (SSSR count). The lowest BCUT2D eigenvalue weighted by atomic mass is 9.98. The third kappa shape index (κ3) is 5.11. The van der Waals surface area contributed by atoms with Crippen molar-refractivity contribution in [3.8, 4) is 22.6 Å². The van der Waals surface area contributed by atoms with Gasteiger partial charge in [0.15, 0.2) is 0 Å². The topological polar surface area (TPSA) is 96.9 Å². The molecule has 2 atom stereocenters. The van der Waals surface area contributed by atoms with Crippen molar-refractivity contribution in [1.82, 2.24) is 19.8 Å². The van der Waals surface area contributed by atoms with E-state index in [2.05, 4.69) is 16.9 Å². The van der Waals surface area contributed by atoms with Gasteiger partial charge in [0.05, 0.1) is 24.8 Å². The van der Waals surface area contributed by atoms with Crippen molar-refractivity contribution in [2.75, 3.05) is 39.2 Å². The van der Waals surface area contributed by atoms with Crippen LogP contribution in [0.25, 0.3) is 22.0 Å². The van der Waals surface area contributed by atoms with Crippen molar-refractivity contribution in [2.24, 2.45) is 0 Å². The molecule has 2 aromatic carbocycles. The number of nitrogens with zero attached hydrogens (tertiary/aromatic N) is 4. The summed E-state index contributed by atoms with van der Waals surface area (Å²) in [6.07, 6.45) is 5.51. The molecule has 0 radical (unpaired) electrons. The minimum absolute atomic E-state index is 0.00193. The van der Waals surface area contributed by atoms with E-state index in [0.29, 0.717) is 35.4 Å². The van der Waals surface area contributed by atoms with Crippen molar-refractivity contribution in [2.45, 2.75) is 38.3 Å². The third-order valence-electron chi connectivity index (χ3n) is 7.55. The van der Waals surface area contributed by atoms with Crippen LogP contribution >= 0.6 is 11.6 Å². The molecule has 204 valence electrons. The Morgan fingerprint density at radius 1 is 1.15 bits per heavy atom. The Bertz CT molecular complexity index is 1410. The van der Waals surface area contributed by atoms with Gasteiger partial charge in [-0.3, -0.25) is 9.59 Å². The summed E-state index contributed by atoms with van der Waals surface area (Å²) in [7, 11) is 3.19. The maximum atomic E-state index is 13.1. The Labute approximate surface area is 232 Å². The van der Waals surface area contributed by atoms with Gasteiger partial charge in [-0.25, -0.2) is 9.97 Å². The molecule has 2 fully saturated rings. The smallest absolute Gasteiger partial charge is 0.246 e. The van der Waals surface area contributed by atoms with Crippen molar-refractivity contribution in [1.29, 1.82) is 0 Å². The Morgan fingerprint density at radius 3 is 2.59 bits per heavy atom. The number of hydrogen-bond acceptors (Lipinski definition) is 7. The lowest BCUT2D eigenvalue weighted by Crippen LogP contribution is -2.46. The minimum Gasteiger partial charge on any atom is -0.496 e. The molecule has 39 heavy (non-hydrogen) atoms. The van der Waals surface area contributed by atoms with Crippen LogP contribution in [0, 0.1) is 6.92 Å². The number of carbonyl (C=O) groups excluding carboxylic acids is 2. The van der Waals surface area contributed by atoms with E-state index < -0.39 is 6.04 Å². The fourth-order valence-electron chi connectivity index (χ4n) is 5.53. The lowest BCUT2D eigenvalue weighted by molar-refractivity contribution is -0.140. The Kier molecular flexibility index (Phi) is 7.61. The molecule has 2 aliphatic rings. The van der Waals surface area contributed by atoms with E-state index in [1.807, 2.05) is 30.0 Å². The van der Waals surface area contributed by atoms with Crippen LogP contribution in [-0.2, 0) is 9.59 Å². The van der Waals surface area contributed by atoms with E-state index >= 15 is 0 Å². The van der Waals surface area contributed by atoms with Crippen LogP contribution in [0.4, 0.5) is 5.95 Å². The molecule has 9 nitrogen and oxygen atoms in total. The van der Waals surface area contributed by atoms with Crippen molar-refractivity contribution in [3.05, 3.63) is 53.7 Å². The first-order chi connectivity index (χ1) is 18.8. The van der Waals surface area contributed by atoms with E-state index in [9.17, 15) is 9.59 Å². The molecular formula is C29H32ClN5O4. The number of amides is 2. The summed E-state index contributed by atoms with van der Waals surface area (Å²) in [6, 6.07) is 6.96. The van der Waals surface area contributed by atoms with Crippen molar-refractivity contribution in [3.63, 3.8) is 0 Å². The van der Waals surface area contributed by atoms with Crippen LogP contribution < -0.4 is 14.8 Å². The molecule has 3 heterocycles. The number of aromatic nitrogens is 2. The summed E-state index contributed by atoms with van der Waals surface area (Å²) in [5.41, 5.74) is 3.37. The summed E-state index contributed by atoms with van der Waals surface area (Å²) in [5.74, 6) is 1.42. The van der Waals surface area contributed by atoms with Crippen molar-refractivity contribution < 1.29 is 19.1 Å². The first kappa shape index (κ1) is 26.7. The largest absolute Gasteiger partial charge is 0.496 e. The summed E-state index contributed by atoms with van der Waals surface area (Å²) in [6.45, 7) is 7.44. The number of methoxy groups -OCH3 is 2. The second-order valence-corrected chi connectivity index (χ2v) is 10.3. The first-order valence-corrected chi connectivity index (χ1v) is 13.4. The summed E-state index contributed by atoms with van der Waals surface area (Å²) in [5, 5.41) is 4.68. The third-order valence-corrected chi connectivity index (χ3v) is 7.92. The van der Waals surface area contributed by atoms with Gasteiger partial charge in [-0.2, -0.15) is 0 Å². The van der Waals surface area contributed by atoms with E-state index in [4.69, 9.17) is 26.1 Å². The number of fused-ring (bicyclic) bond motifs is 1. The number of anilines is 1. The maximum absolute atomic E-state index is 13.1. The fourth-order valence-corrected chi connectivity index (χ4v) is 5.91. The molecule has 1 N–H and O–H groups in total. The second-order valence-electron chi connectivity index (χ2n) is 9.88. The molecule has 2 amide bonds. The molecule has 0 bridgehead atoms. The fraction of sp³-hybridized carbons (Fsp3) is 0.379. The highest BCUT2D eigenvalue weighted by Gasteiger charge is 2.41. The van der Waals surface area contributed by atoms with E-state index in [1.165, 1.54) is 6.08 Å². The highest BCUT2D eigenvalue weighted by Crippen LogP contribution is 2.43. The van der Waals surface area contributed by atoms with Gasteiger partial charge in [0.2, 0.25) is 17.8 Å². The van der Waals surface area contributed by atoms with Gasteiger partial charge in [-0.05, 0) is 50.0 Å². The molecule has 0 saturated carbocycles. The Balaban J connectivity index is 1.38. The number of carbonyl (C=O) groups is 2. The molecule has 3 aromatic rings. The molecule has 0 aliphatic carbocycles. The molecule has 1 aromatic heterocycles. The monoisotopic (exact) mass is 549 g/mol. The predicted molar refractivity (Wildman–Crippen MR) is 151 cm³/mol.